The molecule has 0 aromatic carbocycles. The SMILES string of the molecule is NC(=NCC1(O)CCOCC1)NCCc1cccs1. The van der Waals surface area contributed by atoms with Gasteiger partial charge in [-0.15, -0.1) is 11.3 Å². The molecule has 1 aliphatic rings. The molecule has 0 radical (unpaired) electrons. The highest BCUT2D eigenvalue weighted by molar-refractivity contribution is 7.09. The summed E-state index contributed by atoms with van der Waals surface area (Å²) < 4.78 is 5.22. The lowest BCUT2D eigenvalue weighted by atomic mass is 9.95. The van der Waals surface area contributed by atoms with Gasteiger partial charge in [-0.2, -0.15) is 0 Å². The minimum Gasteiger partial charge on any atom is -0.388 e. The topological polar surface area (TPSA) is 79.9 Å². The molecule has 4 N–H and O–H groups in total. The van der Waals surface area contributed by atoms with Gasteiger partial charge in [0.25, 0.3) is 0 Å². The number of guanidine groups is 1. The number of rotatable bonds is 5. The van der Waals surface area contributed by atoms with Crippen molar-refractivity contribution in [3.05, 3.63) is 22.4 Å². The molecule has 0 unspecified atom stereocenters. The van der Waals surface area contributed by atoms with Crippen LogP contribution >= 0.6 is 11.3 Å². The summed E-state index contributed by atoms with van der Waals surface area (Å²) in [5, 5.41) is 15.4. The Morgan fingerprint density at radius 2 is 2.32 bits per heavy atom. The van der Waals surface area contributed by atoms with Crippen molar-refractivity contribution in [2.75, 3.05) is 26.3 Å². The van der Waals surface area contributed by atoms with Gasteiger partial charge in [0.15, 0.2) is 5.96 Å². The monoisotopic (exact) mass is 283 g/mol. The summed E-state index contributed by atoms with van der Waals surface area (Å²) in [6, 6.07) is 4.14. The molecule has 0 saturated carbocycles. The Morgan fingerprint density at radius 1 is 1.53 bits per heavy atom. The third kappa shape index (κ3) is 4.81. The Hall–Kier alpha value is -1.11. The van der Waals surface area contributed by atoms with Gasteiger partial charge in [0.1, 0.15) is 0 Å². The van der Waals surface area contributed by atoms with Crippen molar-refractivity contribution >= 4 is 17.3 Å². The maximum absolute atomic E-state index is 10.2. The summed E-state index contributed by atoms with van der Waals surface area (Å²) in [4.78, 5) is 5.54. The van der Waals surface area contributed by atoms with E-state index in [1.807, 2.05) is 6.07 Å². The van der Waals surface area contributed by atoms with E-state index >= 15 is 0 Å². The Kier molecular flexibility index (Phi) is 5.18. The number of thiophene rings is 1. The summed E-state index contributed by atoms with van der Waals surface area (Å²) in [6.45, 7) is 2.29. The maximum Gasteiger partial charge on any atom is 0.188 e. The molecule has 2 rings (SSSR count). The lowest BCUT2D eigenvalue weighted by Gasteiger charge is -2.30. The van der Waals surface area contributed by atoms with Crippen molar-refractivity contribution in [1.29, 1.82) is 0 Å². The van der Waals surface area contributed by atoms with Crippen LogP contribution in [0.5, 0.6) is 0 Å². The molecule has 1 saturated heterocycles. The van der Waals surface area contributed by atoms with Crippen LogP contribution in [-0.4, -0.2) is 43.0 Å². The summed E-state index contributed by atoms with van der Waals surface area (Å²) in [5.74, 6) is 0.400. The van der Waals surface area contributed by atoms with E-state index in [0.29, 0.717) is 38.6 Å². The number of nitrogens with two attached hydrogens (primary N) is 1. The number of nitrogens with zero attached hydrogens (tertiary/aromatic N) is 1. The molecule has 106 valence electrons. The molecule has 2 heterocycles. The first kappa shape index (κ1) is 14.3. The third-order valence-corrected chi connectivity index (χ3v) is 4.16. The van der Waals surface area contributed by atoms with Crippen LogP contribution in [0.15, 0.2) is 22.5 Å². The van der Waals surface area contributed by atoms with Gasteiger partial charge in [0.2, 0.25) is 0 Å². The zero-order valence-corrected chi connectivity index (χ0v) is 11.8. The number of nitrogens with one attached hydrogen (secondary N) is 1. The van der Waals surface area contributed by atoms with E-state index in [-0.39, 0.29) is 0 Å². The Bertz CT molecular complexity index is 400. The van der Waals surface area contributed by atoms with Gasteiger partial charge in [-0.1, -0.05) is 6.07 Å². The maximum atomic E-state index is 10.2. The first-order valence-corrected chi connectivity index (χ1v) is 7.42. The second-order valence-corrected chi connectivity index (χ2v) is 5.83. The van der Waals surface area contributed by atoms with E-state index < -0.39 is 5.60 Å². The molecule has 5 nitrogen and oxygen atoms in total. The minimum absolute atomic E-state index is 0.341. The lowest BCUT2D eigenvalue weighted by molar-refractivity contribution is -0.0565. The van der Waals surface area contributed by atoms with E-state index in [1.54, 1.807) is 11.3 Å². The fourth-order valence-electron chi connectivity index (χ4n) is 1.97. The third-order valence-electron chi connectivity index (χ3n) is 3.22. The largest absolute Gasteiger partial charge is 0.388 e. The van der Waals surface area contributed by atoms with Crippen molar-refractivity contribution in [2.45, 2.75) is 24.9 Å². The van der Waals surface area contributed by atoms with Crippen LogP contribution in [0.1, 0.15) is 17.7 Å². The number of aliphatic imine (C=N–C) groups is 1. The van der Waals surface area contributed by atoms with Crippen LogP contribution in [0.3, 0.4) is 0 Å². The molecule has 1 fully saturated rings. The van der Waals surface area contributed by atoms with Gasteiger partial charge < -0.3 is 20.9 Å². The Labute approximate surface area is 117 Å². The summed E-state index contributed by atoms with van der Waals surface area (Å²) in [6.07, 6.45) is 2.18. The molecule has 0 aliphatic carbocycles. The number of hydrogen-bond acceptors (Lipinski definition) is 4. The number of hydrogen-bond donors (Lipinski definition) is 3. The van der Waals surface area contributed by atoms with Crippen LogP contribution in [0.4, 0.5) is 0 Å². The van der Waals surface area contributed by atoms with E-state index in [9.17, 15) is 5.11 Å². The van der Waals surface area contributed by atoms with Crippen molar-refractivity contribution in [2.24, 2.45) is 10.7 Å². The van der Waals surface area contributed by atoms with E-state index in [2.05, 4.69) is 21.8 Å². The molecular weight excluding hydrogens is 262 g/mol. The second-order valence-electron chi connectivity index (χ2n) is 4.79. The van der Waals surface area contributed by atoms with Crippen LogP contribution < -0.4 is 11.1 Å². The normalized spacial score (nSPS) is 19.3. The molecule has 1 aromatic rings. The van der Waals surface area contributed by atoms with Gasteiger partial charge in [-0.25, -0.2) is 0 Å². The van der Waals surface area contributed by atoms with Gasteiger partial charge in [-0.3, -0.25) is 4.99 Å². The molecule has 0 spiro atoms. The van der Waals surface area contributed by atoms with Crippen LogP contribution in [-0.2, 0) is 11.2 Å². The van der Waals surface area contributed by atoms with E-state index in [0.717, 1.165) is 13.0 Å². The molecular formula is C13H21N3O2S. The van der Waals surface area contributed by atoms with Crippen molar-refractivity contribution in [3.63, 3.8) is 0 Å². The highest BCUT2D eigenvalue weighted by Gasteiger charge is 2.29. The summed E-state index contributed by atoms with van der Waals surface area (Å²) in [5.41, 5.74) is 5.04. The quantitative estimate of drug-likeness (QED) is 0.550. The molecule has 0 bridgehead atoms. The summed E-state index contributed by atoms with van der Waals surface area (Å²) in [7, 11) is 0. The minimum atomic E-state index is -0.752. The standard InChI is InChI=1S/C13H21N3O2S/c14-12(15-6-3-11-2-1-9-19-11)16-10-13(17)4-7-18-8-5-13/h1-2,9,17H,3-8,10H2,(H3,14,15,16). The fourth-order valence-corrected chi connectivity index (χ4v) is 2.68. The van der Waals surface area contributed by atoms with Gasteiger partial charge in [0.05, 0.1) is 12.1 Å². The van der Waals surface area contributed by atoms with Gasteiger partial charge in [-0.05, 0) is 17.9 Å². The second kappa shape index (κ2) is 6.88. The predicted molar refractivity (Wildman–Crippen MR) is 77.5 cm³/mol. The molecule has 19 heavy (non-hydrogen) atoms. The van der Waals surface area contributed by atoms with Crippen LogP contribution in [0, 0.1) is 0 Å². The number of aliphatic hydroxyl groups is 1. The lowest BCUT2D eigenvalue weighted by Crippen LogP contribution is -2.41. The van der Waals surface area contributed by atoms with Gasteiger partial charge in [0, 0.05) is 37.5 Å². The first-order chi connectivity index (χ1) is 9.18. The van der Waals surface area contributed by atoms with Crippen LogP contribution in [0.25, 0.3) is 0 Å². The van der Waals surface area contributed by atoms with Crippen molar-refractivity contribution in [3.8, 4) is 0 Å². The Morgan fingerprint density at radius 3 is 3.00 bits per heavy atom. The molecule has 1 aliphatic heterocycles. The first-order valence-electron chi connectivity index (χ1n) is 6.54. The zero-order chi connectivity index (χ0) is 13.6. The van der Waals surface area contributed by atoms with Crippen LogP contribution in [0.2, 0.25) is 0 Å². The highest BCUT2D eigenvalue weighted by Crippen LogP contribution is 2.20. The zero-order valence-electron chi connectivity index (χ0n) is 11.0. The Balaban J connectivity index is 1.70. The summed E-state index contributed by atoms with van der Waals surface area (Å²) >= 11 is 1.74. The number of ether oxygens (including phenoxy) is 1. The fraction of sp³-hybridized carbons (Fsp3) is 0.615. The van der Waals surface area contributed by atoms with E-state index in [4.69, 9.17) is 10.5 Å². The average molecular weight is 283 g/mol. The van der Waals surface area contributed by atoms with Crippen molar-refractivity contribution < 1.29 is 9.84 Å². The molecule has 0 amide bonds. The molecule has 1 aromatic heterocycles. The van der Waals surface area contributed by atoms with Crippen molar-refractivity contribution in [1.82, 2.24) is 5.32 Å². The highest BCUT2D eigenvalue weighted by atomic mass is 32.1. The van der Waals surface area contributed by atoms with E-state index in [1.165, 1.54) is 4.88 Å². The van der Waals surface area contributed by atoms with Gasteiger partial charge >= 0.3 is 0 Å². The predicted octanol–water partition coefficient (Wildman–Crippen LogP) is 0.736. The molecule has 0 atom stereocenters. The molecule has 6 heteroatoms. The average Bonchev–Trinajstić information content (AvgIpc) is 2.91. The smallest absolute Gasteiger partial charge is 0.188 e.